The van der Waals surface area contributed by atoms with E-state index in [1.165, 1.54) is 0 Å². The van der Waals surface area contributed by atoms with Gasteiger partial charge in [0.25, 0.3) is 5.91 Å². The van der Waals surface area contributed by atoms with Crippen molar-refractivity contribution in [3.63, 3.8) is 0 Å². The molecule has 0 aromatic heterocycles. The van der Waals surface area contributed by atoms with Crippen LogP contribution in [0.2, 0.25) is 10.0 Å². The molecule has 0 spiro atoms. The molecule has 0 aliphatic carbocycles. The van der Waals surface area contributed by atoms with Crippen LogP contribution >= 0.6 is 23.2 Å². The zero-order valence-corrected chi connectivity index (χ0v) is 18.5. The fourth-order valence-electron chi connectivity index (χ4n) is 2.24. The molecule has 0 heterocycles. The van der Waals surface area contributed by atoms with Crippen LogP contribution in [0.15, 0.2) is 42.5 Å². The van der Waals surface area contributed by atoms with Crippen molar-refractivity contribution in [3.05, 3.63) is 58.1 Å². The highest BCUT2D eigenvalue weighted by molar-refractivity contribution is 7.91. The minimum atomic E-state index is -3.33. The molecule has 0 aliphatic heterocycles. The third-order valence-electron chi connectivity index (χ3n) is 4.07. The summed E-state index contributed by atoms with van der Waals surface area (Å²) in [4.78, 5) is 12.4. The SMILES string of the molecule is CC(Oc1cccc(Cl)c1Cl)C(=O)Nc1cccc(CS(=O)(=O)C(C)(C)C)c1. The van der Waals surface area contributed by atoms with Gasteiger partial charge >= 0.3 is 0 Å². The Labute approximate surface area is 175 Å². The molecule has 0 saturated heterocycles. The van der Waals surface area contributed by atoms with Gasteiger partial charge in [-0.2, -0.15) is 0 Å². The van der Waals surface area contributed by atoms with Crippen molar-refractivity contribution in [3.8, 4) is 5.75 Å². The van der Waals surface area contributed by atoms with E-state index in [-0.39, 0.29) is 10.8 Å². The molecule has 0 fully saturated rings. The van der Waals surface area contributed by atoms with Gasteiger partial charge in [0.2, 0.25) is 0 Å². The number of rotatable bonds is 6. The monoisotopic (exact) mass is 443 g/mol. The van der Waals surface area contributed by atoms with E-state index in [1.54, 1.807) is 70.2 Å². The van der Waals surface area contributed by atoms with Gasteiger partial charge < -0.3 is 10.1 Å². The molecule has 0 radical (unpaired) electrons. The number of carbonyl (C=O) groups excluding carboxylic acids is 1. The van der Waals surface area contributed by atoms with Gasteiger partial charge in [0.1, 0.15) is 10.8 Å². The fourth-order valence-corrected chi connectivity index (χ4v) is 3.63. The summed E-state index contributed by atoms with van der Waals surface area (Å²) in [6.07, 6.45) is -0.835. The quantitative estimate of drug-likeness (QED) is 0.672. The summed E-state index contributed by atoms with van der Waals surface area (Å²) in [5.74, 6) is -0.196. The van der Waals surface area contributed by atoms with Gasteiger partial charge in [0.15, 0.2) is 15.9 Å². The van der Waals surface area contributed by atoms with Crippen LogP contribution < -0.4 is 10.1 Å². The third-order valence-corrected chi connectivity index (χ3v) is 7.45. The normalized spacial score (nSPS) is 13.1. The Morgan fingerprint density at radius 1 is 1.14 bits per heavy atom. The van der Waals surface area contributed by atoms with E-state index in [0.717, 1.165) is 0 Å². The van der Waals surface area contributed by atoms with Crippen molar-refractivity contribution in [2.45, 2.75) is 44.3 Å². The lowest BCUT2D eigenvalue weighted by molar-refractivity contribution is -0.122. The summed E-state index contributed by atoms with van der Waals surface area (Å²) in [5.41, 5.74) is 1.08. The predicted molar refractivity (Wildman–Crippen MR) is 114 cm³/mol. The molecular weight excluding hydrogens is 421 g/mol. The summed E-state index contributed by atoms with van der Waals surface area (Å²) in [6.45, 7) is 6.57. The van der Waals surface area contributed by atoms with Crippen molar-refractivity contribution in [1.82, 2.24) is 0 Å². The van der Waals surface area contributed by atoms with Gasteiger partial charge in [-0.05, 0) is 57.5 Å². The van der Waals surface area contributed by atoms with Crippen LogP contribution in [0.5, 0.6) is 5.75 Å². The molecule has 1 amide bonds. The third kappa shape index (κ3) is 5.63. The average molecular weight is 444 g/mol. The highest BCUT2D eigenvalue weighted by Crippen LogP contribution is 2.32. The van der Waals surface area contributed by atoms with E-state index in [4.69, 9.17) is 27.9 Å². The number of benzene rings is 2. The Morgan fingerprint density at radius 3 is 2.43 bits per heavy atom. The Balaban J connectivity index is 2.09. The van der Waals surface area contributed by atoms with Crippen LogP contribution in [0, 0.1) is 0 Å². The Kier molecular flexibility index (Phi) is 7.02. The number of halogens is 2. The Bertz CT molecular complexity index is 968. The molecule has 0 aliphatic rings. The second kappa shape index (κ2) is 8.72. The molecule has 2 aromatic rings. The zero-order chi connectivity index (χ0) is 21.1. The lowest BCUT2D eigenvalue weighted by Crippen LogP contribution is -2.30. The molecule has 8 heteroatoms. The fraction of sp³-hybridized carbons (Fsp3) is 0.350. The van der Waals surface area contributed by atoms with Gasteiger partial charge in [-0.3, -0.25) is 4.79 Å². The number of carbonyl (C=O) groups is 1. The predicted octanol–water partition coefficient (Wildman–Crippen LogP) is 5.11. The van der Waals surface area contributed by atoms with Crippen molar-refractivity contribution in [2.24, 2.45) is 0 Å². The largest absolute Gasteiger partial charge is 0.479 e. The standard InChI is InChI=1S/C20H23Cl2NO4S/c1-13(27-17-10-6-9-16(21)18(17)22)19(24)23-15-8-5-7-14(11-15)12-28(25,26)20(2,3)4/h5-11,13H,12H2,1-4H3,(H,23,24). The van der Waals surface area contributed by atoms with Crippen LogP contribution in [0.25, 0.3) is 0 Å². The highest BCUT2D eigenvalue weighted by Gasteiger charge is 2.29. The van der Waals surface area contributed by atoms with E-state index in [9.17, 15) is 13.2 Å². The highest BCUT2D eigenvalue weighted by atomic mass is 35.5. The molecule has 0 bridgehead atoms. The second-order valence-electron chi connectivity index (χ2n) is 7.37. The molecule has 152 valence electrons. The van der Waals surface area contributed by atoms with E-state index < -0.39 is 26.6 Å². The van der Waals surface area contributed by atoms with E-state index in [2.05, 4.69) is 5.32 Å². The molecule has 0 saturated carbocycles. The van der Waals surface area contributed by atoms with Gasteiger partial charge in [0.05, 0.1) is 15.5 Å². The molecule has 1 N–H and O–H groups in total. The maximum Gasteiger partial charge on any atom is 0.265 e. The maximum absolute atomic E-state index is 12.4. The summed E-state index contributed by atoms with van der Waals surface area (Å²) in [5, 5.41) is 3.29. The number of hydrogen-bond acceptors (Lipinski definition) is 4. The van der Waals surface area contributed by atoms with Gasteiger partial charge in [-0.15, -0.1) is 0 Å². The maximum atomic E-state index is 12.4. The minimum Gasteiger partial charge on any atom is -0.479 e. The molecule has 1 atom stereocenters. The molecule has 2 aromatic carbocycles. The molecule has 28 heavy (non-hydrogen) atoms. The van der Waals surface area contributed by atoms with Crippen molar-refractivity contribution < 1.29 is 17.9 Å². The Hall–Kier alpha value is -1.76. The minimum absolute atomic E-state index is 0.107. The van der Waals surface area contributed by atoms with Gasteiger partial charge in [-0.25, -0.2) is 8.42 Å². The summed E-state index contributed by atoms with van der Waals surface area (Å²) >= 11 is 12.0. The van der Waals surface area contributed by atoms with Crippen LogP contribution in [0.1, 0.15) is 33.3 Å². The summed E-state index contributed by atoms with van der Waals surface area (Å²) < 4.78 is 29.5. The van der Waals surface area contributed by atoms with E-state index in [1.807, 2.05) is 0 Å². The molecule has 1 unspecified atom stereocenters. The number of anilines is 1. The van der Waals surface area contributed by atoms with E-state index >= 15 is 0 Å². The van der Waals surface area contributed by atoms with E-state index in [0.29, 0.717) is 22.0 Å². The summed E-state index contributed by atoms with van der Waals surface area (Å²) in [7, 11) is -3.33. The number of sulfone groups is 1. The summed E-state index contributed by atoms with van der Waals surface area (Å²) in [6, 6.07) is 11.7. The van der Waals surface area contributed by atoms with Crippen LogP contribution in [-0.2, 0) is 20.4 Å². The number of nitrogens with one attached hydrogen (secondary N) is 1. The molecule has 5 nitrogen and oxygen atoms in total. The van der Waals surface area contributed by atoms with Crippen molar-refractivity contribution in [1.29, 1.82) is 0 Å². The average Bonchev–Trinajstić information content (AvgIpc) is 2.57. The first-order valence-electron chi connectivity index (χ1n) is 8.63. The first-order chi connectivity index (χ1) is 12.9. The smallest absolute Gasteiger partial charge is 0.265 e. The van der Waals surface area contributed by atoms with Crippen molar-refractivity contribution in [2.75, 3.05) is 5.32 Å². The van der Waals surface area contributed by atoms with Crippen LogP contribution in [-0.4, -0.2) is 25.2 Å². The first-order valence-corrected chi connectivity index (χ1v) is 11.0. The van der Waals surface area contributed by atoms with Crippen molar-refractivity contribution >= 4 is 44.6 Å². The first kappa shape index (κ1) is 22.5. The topological polar surface area (TPSA) is 72.5 Å². The van der Waals surface area contributed by atoms with Gasteiger partial charge in [-0.1, -0.05) is 41.4 Å². The lowest BCUT2D eigenvalue weighted by Gasteiger charge is -2.19. The van der Waals surface area contributed by atoms with Crippen LogP contribution in [0.4, 0.5) is 5.69 Å². The second-order valence-corrected chi connectivity index (χ2v) is 10.9. The lowest BCUT2D eigenvalue weighted by atomic mass is 10.2. The van der Waals surface area contributed by atoms with Gasteiger partial charge in [0, 0.05) is 5.69 Å². The number of ether oxygens (including phenoxy) is 1. The molecular formula is C20H23Cl2NO4S. The zero-order valence-electron chi connectivity index (χ0n) is 16.1. The number of hydrogen-bond donors (Lipinski definition) is 1. The Morgan fingerprint density at radius 2 is 1.79 bits per heavy atom. The van der Waals surface area contributed by atoms with Crippen LogP contribution in [0.3, 0.4) is 0 Å². The number of amides is 1. The molecule has 2 rings (SSSR count).